The normalized spacial score (nSPS) is 9.96. The Bertz CT molecular complexity index is 1020. The molecule has 0 unspecified atom stereocenters. The number of rotatable bonds is 5. The molecule has 3 N–H and O–H groups in total. The SMILES string of the molecule is CC(=O)Nc1cccc(Nc2nc(C)cc(Nc3ccccc3C#N)n2)c1. The van der Waals surface area contributed by atoms with E-state index in [4.69, 9.17) is 0 Å². The second-order valence-corrected chi connectivity index (χ2v) is 5.89. The van der Waals surface area contributed by atoms with Gasteiger partial charge in [-0.3, -0.25) is 4.79 Å². The van der Waals surface area contributed by atoms with Gasteiger partial charge in [0.25, 0.3) is 0 Å². The van der Waals surface area contributed by atoms with E-state index in [1.807, 2.05) is 37.3 Å². The van der Waals surface area contributed by atoms with Crippen LogP contribution in [0.2, 0.25) is 0 Å². The van der Waals surface area contributed by atoms with Crippen molar-refractivity contribution in [1.82, 2.24) is 9.97 Å². The molecular weight excluding hydrogens is 340 g/mol. The number of aryl methyl sites for hydroxylation is 1. The molecule has 0 aliphatic heterocycles. The summed E-state index contributed by atoms with van der Waals surface area (Å²) in [6.07, 6.45) is 0. The fourth-order valence-corrected chi connectivity index (χ4v) is 2.52. The number of nitrogens with one attached hydrogen (secondary N) is 3. The molecule has 7 nitrogen and oxygen atoms in total. The lowest BCUT2D eigenvalue weighted by atomic mass is 10.2. The first-order valence-corrected chi connectivity index (χ1v) is 8.30. The van der Waals surface area contributed by atoms with Crippen molar-refractivity contribution in [3.63, 3.8) is 0 Å². The van der Waals surface area contributed by atoms with Gasteiger partial charge in [0.05, 0.1) is 11.3 Å². The summed E-state index contributed by atoms with van der Waals surface area (Å²) < 4.78 is 0. The molecule has 0 saturated carbocycles. The van der Waals surface area contributed by atoms with Crippen LogP contribution in [0.3, 0.4) is 0 Å². The maximum atomic E-state index is 11.2. The highest BCUT2D eigenvalue weighted by atomic mass is 16.1. The smallest absolute Gasteiger partial charge is 0.229 e. The van der Waals surface area contributed by atoms with Crippen LogP contribution in [0.1, 0.15) is 18.2 Å². The number of nitriles is 1. The summed E-state index contributed by atoms with van der Waals surface area (Å²) in [4.78, 5) is 20.1. The molecule has 0 saturated heterocycles. The molecule has 27 heavy (non-hydrogen) atoms. The highest BCUT2D eigenvalue weighted by molar-refractivity contribution is 5.89. The summed E-state index contributed by atoms with van der Waals surface area (Å²) in [5.74, 6) is 0.847. The van der Waals surface area contributed by atoms with Crippen molar-refractivity contribution in [2.24, 2.45) is 0 Å². The zero-order valence-electron chi connectivity index (χ0n) is 14.9. The number of benzene rings is 2. The number of carbonyl (C=O) groups is 1. The Morgan fingerprint density at radius 1 is 1.00 bits per heavy atom. The van der Waals surface area contributed by atoms with E-state index in [0.717, 1.165) is 11.4 Å². The minimum atomic E-state index is -0.137. The van der Waals surface area contributed by atoms with Crippen molar-refractivity contribution >= 4 is 34.7 Å². The van der Waals surface area contributed by atoms with Crippen molar-refractivity contribution in [2.75, 3.05) is 16.0 Å². The topological polar surface area (TPSA) is 103 Å². The summed E-state index contributed by atoms with van der Waals surface area (Å²) in [5.41, 5.74) is 3.40. The Morgan fingerprint density at radius 2 is 1.78 bits per heavy atom. The number of para-hydroxylation sites is 1. The monoisotopic (exact) mass is 358 g/mol. The molecule has 7 heteroatoms. The zero-order chi connectivity index (χ0) is 19.2. The van der Waals surface area contributed by atoms with Crippen LogP contribution in [0.5, 0.6) is 0 Å². The lowest BCUT2D eigenvalue weighted by Crippen LogP contribution is -2.06. The van der Waals surface area contributed by atoms with Gasteiger partial charge in [0.1, 0.15) is 11.9 Å². The predicted molar refractivity (Wildman–Crippen MR) is 105 cm³/mol. The lowest BCUT2D eigenvalue weighted by Gasteiger charge is -2.11. The Morgan fingerprint density at radius 3 is 2.56 bits per heavy atom. The third-order valence-electron chi connectivity index (χ3n) is 3.60. The molecule has 2 aromatic carbocycles. The predicted octanol–water partition coefficient (Wildman–Crippen LogP) is 4.10. The van der Waals surface area contributed by atoms with Crippen LogP contribution in [0.4, 0.5) is 28.8 Å². The highest BCUT2D eigenvalue weighted by Gasteiger charge is 2.07. The molecule has 0 aliphatic rings. The van der Waals surface area contributed by atoms with Crippen molar-refractivity contribution in [3.8, 4) is 6.07 Å². The van der Waals surface area contributed by atoms with Crippen LogP contribution >= 0.6 is 0 Å². The van der Waals surface area contributed by atoms with Crippen LogP contribution < -0.4 is 16.0 Å². The molecule has 3 aromatic rings. The van der Waals surface area contributed by atoms with Crippen molar-refractivity contribution in [3.05, 3.63) is 65.9 Å². The molecular formula is C20H18N6O. The van der Waals surface area contributed by atoms with Crippen LogP contribution in [0.25, 0.3) is 0 Å². The van der Waals surface area contributed by atoms with E-state index < -0.39 is 0 Å². The van der Waals surface area contributed by atoms with Crippen molar-refractivity contribution < 1.29 is 4.79 Å². The Hall–Kier alpha value is -3.92. The van der Waals surface area contributed by atoms with E-state index >= 15 is 0 Å². The number of anilines is 5. The second kappa shape index (κ2) is 7.97. The average molecular weight is 358 g/mol. The molecule has 134 valence electrons. The van der Waals surface area contributed by atoms with Gasteiger partial charge in [-0.1, -0.05) is 18.2 Å². The first kappa shape index (κ1) is 17.9. The molecule has 0 radical (unpaired) electrons. The van der Waals surface area contributed by atoms with Crippen LogP contribution in [-0.2, 0) is 4.79 Å². The average Bonchev–Trinajstić information content (AvgIpc) is 2.61. The van der Waals surface area contributed by atoms with Gasteiger partial charge in [-0.25, -0.2) is 4.98 Å². The first-order chi connectivity index (χ1) is 13.0. The van der Waals surface area contributed by atoms with Crippen LogP contribution in [-0.4, -0.2) is 15.9 Å². The third-order valence-corrected chi connectivity index (χ3v) is 3.60. The summed E-state index contributed by atoms with van der Waals surface area (Å²) >= 11 is 0. The summed E-state index contributed by atoms with van der Waals surface area (Å²) in [6, 6.07) is 18.4. The molecule has 0 spiro atoms. The largest absolute Gasteiger partial charge is 0.339 e. The molecule has 0 bridgehead atoms. The fourth-order valence-electron chi connectivity index (χ4n) is 2.52. The standard InChI is InChI=1S/C20H18N6O/c1-13-10-19(25-18-9-4-3-6-15(18)12-21)26-20(22-13)24-17-8-5-7-16(11-17)23-14(2)27/h3-11H,1-2H3,(H,23,27)(H2,22,24,25,26). The Kier molecular flexibility index (Phi) is 5.28. The van der Waals surface area contributed by atoms with Crippen LogP contribution in [0, 0.1) is 18.3 Å². The fraction of sp³-hybridized carbons (Fsp3) is 0.100. The van der Waals surface area contributed by atoms with Gasteiger partial charge in [-0.2, -0.15) is 10.2 Å². The van der Waals surface area contributed by atoms with E-state index in [9.17, 15) is 10.1 Å². The highest BCUT2D eigenvalue weighted by Crippen LogP contribution is 2.22. The van der Waals surface area contributed by atoms with Gasteiger partial charge >= 0.3 is 0 Å². The summed E-state index contributed by atoms with van der Waals surface area (Å²) in [6.45, 7) is 3.32. The molecule has 1 aromatic heterocycles. The van der Waals surface area contributed by atoms with Gasteiger partial charge in [0.2, 0.25) is 11.9 Å². The minimum Gasteiger partial charge on any atom is -0.339 e. The third kappa shape index (κ3) is 4.80. The van der Waals surface area contributed by atoms with Crippen LogP contribution in [0.15, 0.2) is 54.6 Å². The van der Waals surface area contributed by atoms with Gasteiger partial charge in [0, 0.05) is 30.1 Å². The molecule has 3 rings (SSSR count). The molecule has 1 heterocycles. The molecule has 0 aliphatic carbocycles. The van der Waals surface area contributed by atoms with Gasteiger partial charge in [0.15, 0.2) is 0 Å². The zero-order valence-corrected chi connectivity index (χ0v) is 14.9. The number of amides is 1. The van der Waals surface area contributed by atoms with Crippen molar-refractivity contribution in [1.29, 1.82) is 5.26 Å². The molecule has 0 fully saturated rings. The first-order valence-electron chi connectivity index (χ1n) is 8.30. The lowest BCUT2D eigenvalue weighted by molar-refractivity contribution is -0.114. The van der Waals surface area contributed by atoms with E-state index in [0.29, 0.717) is 28.7 Å². The Labute approximate surface area is 157 Å². The Balaban J connectivity index is 1.84. The van der Waals surface area contributed by atoms with Gasteiger partial charge in [-0.15, -0.1) is 0 Å². The summed E-state index contributed by atoms with van der Waals surface area (Å²) in [7, 11) is 0. The minimum absolute atomic E-state index is 0.137. The van der Waals surface area contributed by atoms with Gasteiger partial charge in [-0.05, 0) is 37.3 Å². The van der Waals surface area contributed by atoms with E-state index in [1.165, 1.54) is 6.92 Å². The number of nitrogens with zero attached hydrogens (tertiary/aromatic N) is 3. The maximum absolute atomic E-state index is 11.2. The quantitative estimate of drug-likeness (QED) is 0.634. The number of hydrogen-bond donors (Lipinski definition) is 3. The number of carbonyl (C=O) groups excluding carboxylic acids is 1. The maximum Gasteiger partial charge on any atom is 0.229 e. The number of hydrogen-bond acceptors (Lipinski definition) is 6. The van der Waals surface area contributed by atoms with Crippen molar-refractivity contribution in [2.45, 2.75) is 13.8 Å². The molecule has 0 atom stereocenters. The van der Waals surface area contributed by atoms with E-state index in [1.54, 1.807) is 24.3 Å². The van der Waals surface area contributed by atoms with Gasteiger partial charge < -0.3 is 16.0 Å². The second-order valence-electron chi connectivity index (χ2n) is 5.89. The van der Waals surface area contributed by atoms with E-state index in [2.05, 4.69) is 32.0 Å². The summed E-state index contributed by atoms with van der Waals surface area (Å²) in [5, 5.41) is 18.3. The van der Waals surface area contributed by atoms with E-state index in [-0.39, 0.29) is 5.91 Å². The molecule has 1 amide bonds. The number of aromatic nitrogens is 2.